The Balaban J connectivity index is 1.69. The van der Waals surface area contributed by atoms with Crippen LogP contribution in [-0.2, 0) is 0 Å². The monoisotopic (exact) mass is 206 g/mol. The average molecular weight is 206 g/mol. The molecule has 3 fully saturated rings. The summed E-state index contributed by atoms with van der Waals surface area (Å²) in [4.78, 5) is 0. The van der Waals surface area contributed by atoms with Crippen molar-refractivity contribution in [1.82, 2.24) is 0 Å². The SMILES string of the molecule is CCCC1CC2C3CC(CC)C(C3)C2C1. The van der Waals surface area contributed by atoms with E-state index in [1.54, 1.807) is 25.7 Å². The summed E-state index contributed by atoms with van der Waals surface area (Å²) in [5.74, 6) is 6.90. The van der Waals surface area contributed by atoms with Gasteiger partial charge in [-0.3, -0.25) is 0 Å². The second kappa shape index (κ2) is 3.79. The first kappa shape index (κ1) is 10.2. The Morgan fingerprint density at radius 3 is 2.40 bits per heavy atom. The van der Waals surface area contributed by atoms with E-state index in [-0.39, 0.29) is 0 Å². The van der Waals surface area contributed by atoms with Crippen LogP contribution in [0, 0.1) is 35.5 Å². The van der Waals surface area contributed by atoms with E-state index >= 15 is 0 Å². The van der Waals surface area contributed by atoms with Crippen LogP contribution in [0.25, 0.3) is 0 Å². The van der Waals surface area contributed by atoms with Crippen molar-refractivity contribution >= 4 is 0 Å². The Bertz CT molecular complexity index is 230. The molecule has 0 aromatic heterocycles. The van der Waals surface area contributed by atoms with Gasteiger partial charge in [-0.05, 0) is 61.2 Å². The predicted octanol–water partition coefficient (Wildman–Crippen LogP) is 4.49. The minimum atomic E-state index is 1.12. The van der Waals surface area contributed by atoms with Crippen LogP contribution < -0.4 is 0 Å². The van der Waals surface area contributed by atoms with Gasteiger partial charge in [-0.25, -0.2) is 0 Å². The van der Waals surface area contributed by atoms with Gasteiger partial charge in [-0.15, -0.1) is 0 Å². The summed E-state index contributed by atoms with van der Waals surface area (Å²) in [5.41, 5.74) is 0. The van der Waals surface area contributed by atoms with E-state index < -0.39 is 0 Å². The van der Waals surface area contributed by atoms with Gasteiger partial charge in [-0.2, -0.15) is 0 Å². The predicted molar refractivity (Wildman–Crippen MR) is 64.6 cm³/mol. The molecule has 6 atom stereocenters. The van der Waals surface area contributed by atoms with Crippen LogP contribution in [0.3, 0.4) is 0 Å². The molecule has 0 nitrogen and oxygen atoms in total. The molecule has 0 aliphatic heterocycles. The highest BCUT2D eigenvalue weighted by atomic mass is 14.6. The molecule has 3 saturated carbocycles. The summed E-state index contributed by atoms with van der Waals surface area (Å²) in [7, 11) is 0. The highest BCUT2D eigenvalue weighted by Gasteiger charge is 2.54. The molecule has 0 aromatic carbocycles. The Kier molecular flexibility index (Phi) is 2.57. The molecule has 0 spiro atoms. The average Bonchev–Trinajstić information content (AvgIpc) is 2.85. The fourth-order valence-electron chi connectivity index (χ4n) is 5.44. The van der Waals surface area contributed by atoms with E-state index in [1.165, 1.54) is 31.1 Å². The number of hydrogen-bond acceptors (Lipinski definition) is 0. The first-order valence-corrected chi connectivity index (χ1v) is 7.33. The summed E-state index contributed by atoms with van der Waals surface area (Å²) in [6.45, 7) is 4.77. The van der Waals surface area contributed by atoms with Crippen LogP contribution in [0.1, 0.15) is 58.8 Å². The molecular formula is C15H26. The lowest BCUT2D eigenvalue weighted by Gasteiger charge is -2.30. The van der Waals surface area contributed by atoms with Gasteiger partial charge in [0.25, 0.3) is 0 Å². The molecule has 0 saturated heterocycles. The smallest absolute Gasteiger partial charge is 0.0349 e. The maximum Gasteiger partial charge on any atom is -0.0349 e. The quantitative estimate of drug-likeness (QED) is 0.638. The van der Waals surface area contributed by atoms with Crippen molar-refractivity contribution in [3.05, 3.63) is 0 Å². The highest BCUT2D eigenvalue weighted by molar-refractivity contribution is 5.04. The molecule has 0 heterocycles. The van der Waals surface area contributed by atoms with Crippen molar-refractivity contribution in [2.24, 2.45) is 35.5 Å². The third-order valence-electron chi connectivity index (χ3n) is 5.92. The molecule has 86 valence electrons. The molecule has 0 N–H and O–H groups in total. The molecular weight excluding hydrogens is 180 g/mol. The number of rotatable bonds is 3. The largest absolute Gasteiger partial charge is 0.0654 e. The second-order valence-corrected chi connectivity index (χ2v) is 6.52. The van der Waals surface area contributed by atoms with Crippen LogP contribution in [0.2, 0.25) is 0 Å². The number of fused-ring (bicyclic) bond motifs is 5. The lowest BCUT2D eigenvalue weighted by Crippen LogP contribution is -2.23. The van der Waals surface area contributed by atoms with E-state index in [0.29, 0.717) is 0 Å². The van der Waals surface area contributed by atoms with Gasteiger partial charge >= 0.3 is 0 Å². The maximum atomic E-state index is 2.42. The third kappa shape index (κ3) is 1.47. The summed E-state index contributed by atoms with van der Waals surface area (Å²) < 4.78 is 0. The maximum absolute atomic E-state index is 2.42. The fourth-order valence-corrected chi connectivity index (χ4v) is 5.44. The molecule has 0 radical (unpaired) electrons. The van der Waals surface area contributed by atoms with Crippen LogP contribution in [0.5, 0.6) is 0 Å². The molecule has 2 bridgehead atoms. The van der Waals surface area contributed by atoms with E-state index in [9.17, 15) is 0 Å². The molecule has 3 rings (SSSR count). The standard InChI is InChI=1S/C15H26/c1-3-5-10-6-13-12-8-11(4-2)14(9-12)15(13)7-10/h10-15H,3-9H2,1-2H3. The van der Waals surface area contributed by atoms with E-state index in [2.05, 4.69) is 13.8 Å². The Hall–Kier alpha value is 0. The van der Waals surface area contributed by atoms with Crippen LogP contribution in [-0.4, -0.2) is 0 Å². The number of hydrogen-bond donors (Lipinski definition) is 0. The molecule has 15 heavy (non-hydrogen) atoms. The van der Waals surface area contributed by atoms with Crippen LogP contribution >= 0.6 is 0 Å². The van der Waals surface area contributed by atoms with Gasteiger partial charge in [-0.1, -0.05) is 33.1 Å². The molecule has 3 aliphatic rings. The zero-order valence-electron chi connectivity index (χ0n) is 10.4. The molecule has 0 amide bonds. The highest BCUT2D eigenvalue weighted by Crippen LogP contribution is 2.63. The summed E-state index contributed by atoms with van der Waals surface area (Å²) in [6.07, 6.45) is 10.8. The minimum Gasteiger partial charge on any atom is -0.0654 e. The van der Waals surface area contributed by atoms with Crippen molar-refractivity contribution in [2.45, 2.75) is 58.8 Å². The van der Waals surface area contributed by atoms with Gasteiger partial charge in [0.1, 0.15) is 0 Å². The molecule has 0 heteroatoms. The normalized spacial score (nSPS) is 52.4. The van der Waals surface area contributed by atoms with Crippen molar-refractivity contribution in [3.63, 3.8) is 0 Å². The second-order valence-electron chi connectivity index (χ2n) is 6.52. The van der Waals surface area contributed by atoms with Crippen molar-refractivity contribution in [3.8, 4) is 0 Å². The first-order valence-electron chi connectivity index (χ1n) is 7.33. The summed E-state index contributed by atoms with van der Waals surface area (Å²) in [5, 5.41) is 0. The Labute approximate surface area is 94.8 Å². The zero-order valence-corrected chi connectivity index (χ0v) is 10.4. The first-order chi connectivity index (χ1) is 7.33. The van der Waals surface area contributed by atoms with Crippen LogP contribution in [0.15, 0.2) is 0 Å². The van der Waals surface area contributed by atoms with Crippen LogP contribution in [0.4, 0.5) is 0 Å². The minimum absolute atomic E-state index is 1.12. The van der Waals surface area contributed by atoms with Gasteiger partial charge in [0.15, 0.2) is 0 Å². The van der Waals surface area contributed by atoms with Gasteiger partial charge in [0, 0.05) is 0 Å². The Morgan fingerprint density at radius 2 is 1.67 bits per heavy atom. The summed E-state index contributed by atoms with van der Waals surface area (Å²) in [6, 6.07) is 0. The van der Waals surface area contributed by atoms with E-state index in [0.717, 1.165) is 23.7 Å². The van der Waals surface area contributed by atoms with Gasteiger partial charge < -0.3 is 0 Å². The fraction of sp³-hybridized carbons (Fsp3) is 1.00. The van der Waals surface area contributed by atoms with Gasteiger partial charge in [0.2, 0.25) is 0 Å². The van der Waals surface area contributed by atoms with E-state index in [1.807, 2.05) is 0 Å². The third-order valence-corrected chi connectivity index (χ3v) is 5.92. The van der Waals surface area contributed by atoms with Gasteiger partial charge in [0.05, 0.1) is 0 Å². The van der Waals surface area contributed by atoms with Crippen molar-refractivity contribution in [2.75, 3.05) is 0 Å². The van der Waals surface area contributed by atoms with E-state index in [4.69, 9.17) is 0 Å². The topological polar surface area (TPSA) is 0 Å². The molecule has 6 unspecified atom stereocenters. The molecule has 3 aliphatic carbocycles. The summed E-state index contributed by atoms with van der Waals surface area (Å²) >= 11 is 0. The lowest BCUT2D eigenvalue weighted by atomic mass is 9.75. The Morgan fingerprint density at radius 1 is 0.867 bits per heavy atom. The lowest BCUT2D eigenvalue weighted by molar-refractivity contribution is 0.185. The van der Waals surface area contributed by atoms with Crippen molar-refractivity contribution < 1.29 is 0 Å². The molecule has 0 aromatic rings. The zero-order chi connectivity index (χ0) is 10.4. The van der Waals surface area contributed by atoms with Crippen molar-refractivity contribution in [1.29, 1.82) is 0 Å².